The highest BCUT2D eigenvalue weighted by molar-refractivity contribution is 6.33. The van der Waals surface area contributed by atoms with Gasteiger partial charge in [0, 0.05) is 6.20 Å². The first-order valence-electron chi connectivity index (χ1n) is 4.46. The van der Waals surface area contributed by atoms with Gasteiger partial charge in [-0.25, -0.2) is 9.97 Å². The van der Waals surface area contributed by atoms with Gasteiger partial charge >= 0.3 is 0 Å². The number of hydrogen-bond acceptors (Lipinski definition) is 4. The highest BCUT2D eigenvalue weighted by Crippen LogP contribution is 2.22. The van der Waals surface area contributed by atoms with E-state index in [9.17, 15) is 0 Å². The SMILES string of the molecule is OCC(CO)n1ccc2c(Cl)ncnc21. The van der Waals surface area contributed by atoms with Crippen LogP contribution in [0.2, 0.25) is 5.15 Å². The van der Waals surface area contributed by atoms with Crippen molar-refractivity contribution in [1.29, 1.82) is 0 Å². The Morgan fingerprint density at radius 1 is 1.33 bits per heavy atom. The molecule has 0 aromatic carbocycles. The van der Waals surface area contributed by atoms with Crippen LogP contribution in [0.15, 0.2) is 18.6 Å². The Balaban J connectivity index is 2.58. The minimum absolute atomic E-state index is 0.151. The van der Waals surface area contributed by atoms with Gasteiger partial charge in [0.05, 0.1) is 24.6 Å². The second-order valence-electron chi connectivity index (χ2n) is 3.14. The van der Waals surface area contributed by atoms with Crippen molar-refractivity contribution in [2.45, 2.75) is 6.04 Å². The zero-order valence-corrected chi connectivity index (χ0v) is 8.59. The summed E-state index contributed by atoms with van der Waals surface area (Å²) in [7, 11) is 0. The molecular weight excluding hydrogens is 218 g/mol. The predicted octanol–water partition coefficient (Wildman–Crippen LogP) is 0.610. The average molecular weight is 228 g/mol. The van der Waals surface area contributed by atoms with Crippen LogP contribution in [0.25, 0.3) is 11.0 Å². The molecule has 0 fully saturated rings. The van der Waals surface area contributed by atoms with Gasteiger partial charge in [0.2, 0.25) is 0 Å². The molecule has 0 radical (unpaired) electrons. The highest BCUT2D eigenvalue weighted by Gasteiger charge is 2.13. The van der Waals surface area contributed by atoms with Crippen molar-refractivity contribution in [2.75, 3.05) is 13.2 Å². The molecule has 0 aliphatic rings. The number of hydrogen-bond donors (Lipinski definition) is 2. The summed E-state index contributed by atoms with van der Waals surface area (Å²) in [5.74, 6) is 0. The smallest absolute Gasteiger partial charge is 0.145 e. The molecule has 5 nitrogen and oxygen atoms in total. The lowest BCUT2D eigenvalue weighted by atomic mass is 10.3. The van der Waals surface area contributed by atoms with E-state index in [-0.39, 0.29) is 13.2 Å². The standard InChI is InChI=1S/C9H10ClN3O2/c10-8-7-1-2-13(6(3-14)4-15)9(7)12-5-11-8/h1-2,5-6,14-15H,3-4H2. The topological polar surface area (TPSA) is 71.2 Å². The Bertz CT molecular complexity index is 467. The van der Waals surface area contributed by atoms with E-state index in [1.165, 1.54) is 6.33 Å². The Hall–Kier alpha value is -1.17. The molecule has 15 heavy (non-hydrogen) atoms. The molecule has 0 saturated heterocycles. The zero-order valence-electron chi connectivity index (χ0n) is 7.84. The largest absolute Gasteiger partial charge is 0.394 e. The maximum Gasteiger partial charge on any atom is 0.145 e. The van der Waals surface area contributed by atoms with Crippen LogP contribution in [-0.2, 0) is 0 Å². The maximum atomic E-state index is 9.07. The molecule has 0 saturated carbocycles. The van der Waals surface area contributed by atoms with Crippen molar-refractivity contribution >= 4 is 22.6 Å². The lowest BCUT2D eigenvalue weighted by Crippen LogP contribution is -2.16. The quantitative estimate of drug-likeness (QED) is 0.754. The summed E-state index contributed by atoms with van der Waals surface area (Å²) in [4.78, 5) is 7.91. The molecule has 0 bridgehead atoms. The Labute approximate surface area is 91.0 Å². The molecule has 80 valence electrons. The van der Waals surface area contributed by atoms with E-state index in [2.05, 4.69) is 9.97 Å². The van der Waals surface area contributed by atoms with E-state index in [0.717, 1.165) is 0 Å². The fraction of sp³-hybridized carbons (Fsp3) is 0.333. The number of aliphatic hydroxyl groups excluding tert-OH is 2. The summed E-state index contributed by atoms with van der Waals surface area (Å²) in [6.07, 6.45) is 3.08. The highest BCUT2D eigenvalue weighted by atomic mass is 35.5. The van der Waals surface area contributed by atoms with Gasteiger partial charge < -0.3 is 14.8 Å². The van der Waals surface area contributed by atoms with Crippen molar-refractivity contribution < 1.29 is 10.2 Å². The second-order valence-corrected chi connectivity index (χ2v) is 3.50. The third kappa shape index (κ3) is 1.69. The summed E-state index contributed by atoms with van der Waals surface area (Å²) in [5, 5.41) is 19.2. The van der Waals surface area contributed by atoms with Gasteiger partial charge in [0.15, 0.2) is 0 Å². The first-order valence-corrected chi connectivity index (χ1v) is 4.84. The Morgan fingerprint density at radius 2 is 2.07 bits per heavy atom. The van der Waals surface area contributed by atoms with Gasteiger partial charge in [-0.05, 0) is 6.07 Å². The van der Waals surface area contributed by atoms with Crippen LogP contribution >= 0.6 is 11.6 Å². The van der Waals surface area contributed by atoms with Crippen molar-refractivity contribution in [1.82, 2.24) is 14.5 Å². The van der Waals surface area contributed by atoms with Crippen LogP contribution < -0.4 is 0 Å². The number of aromatic nitrogens is 3. The van der Waals surface area contributed by atoms with Gasteiger partial charge in [-0.3, -0.25) is 0 Å². The predicted molar refractivity (Wildman–Crippen MR) is 55.7 cm³/mol. The molecule has 0 spiro atoms. The minimum Gasteiger partial charge on any atom is -0.394 e. The average Bonchev–Trinajstić information content (AvgIpc) is 2.66. The molecule has 0 unspecified atom stereocenters. The van der Waals surface area contributed by atoms with Gasteiger partial charge in [0.25, 0.3) is 0 Å². The molecular formula is C9H10ClN3O2. The maximum absolute atomic E-state index is 9.07. The molecule has 0 atom stereocenters. The molecule has 0 amide bonds. The van der Waals surface area contributed by atoms with Crippen molar-refractivity contribution in [3.8, 4) is 0 Å². The summed E-state index contributed by atoms with van der Waals surface area (Å²) < 4.78 is 1.68. The molecule has 2 aromatic heterocycles. The molecule has 2 heterocycles. The number of rotatable bonds is 3. The fourth-order valence-electron chi connectivity index (χ4n) is 1.47. The van der Waals surface area contributed by atoms with Crippen LogP contribution in [0.1, 0.15) is 6.04 Å². The minimum atomic E-state index is -0.395. The van der Waals surface area contributed by atoms with Crippen molar-refractivity contribution in [3.05, 3.63) is 23.7 Å². The van der Waals surface area contributed by atoms with Crippen LogP contribution in [0.4, 0.5) is 0 Å². The molecule has 0 aliphatic carbocycles. The number of aliphatic hydroxyl groups is 2. The second kappa shape index (κ2) is 4.14. The molecule has 2 N–H and O–H groups in total. The van der Waals surface area contributed by atoms with Gasteiger partial charge in [0.1, 0.15) is 17.1 Å². The Kier molecular flexibility index (Phi) is 2.86. The van der Waals surface area contributed by atoms with E-state index in [0.29, 0.717) is 16.2 Å². The van der Waals surface area contributed by atoms with E-state index in [4.69, 9.17) is 21.8 Å². The van der Waals surface area contributed by atoms with Crippen LogP contribution in [-0.4, -0.2) is 38.0 Å². The van der Waals surface area contributed by atoms with E-state index >= 15 is 0 Å². The molecule has 2 rings (SSSR count). The lowest BCUT2D eigenvalue weighted by Gasteiger charge is -2.13. The molecule has 2 aromatic rings. The van der Waals surface area contributed by atoms with E-state index in [1.807, 2.05) is 0 Å². The number of nitrogens with zero attached hydrogens (tertiary/aromatic N) is 3. The first kappa shape index (κ1) is 10.4. The lowest BCUT2D eigenvalue weighted by molar-refractivity contribution is 0.157. The summed E-state index contributed by atoms with van der Waals surface area (Å²) in [6, 6.07) is 1.36. The van der Waals surface area contributed by atoms with Crippen LogP contribution in [0.3, 0.4) is 0 Å². The van der Waals surface area contributed by atoms with E-state index in [1.54, 1.807) is 16.8 Å². The van der Waals surface area contributed by atoms with Crippen LogP contribution in [0.5, 0.6) is 0 Å². The monoisotopic (exact) mass is 227 g/mol. The summed E-state index contributed by atoms with van der Waals surface area (Å²) in [5.41, 5.74) is 0.614. The summed E-state index contributed by atoms with van der Waals surface area (Å²) >= 11 is 5.87. The van der Waals surface area contributed by atoms with Crippen molar-refractivity contribution in [3.63, 3.8) is 0 Å². The number of fused-ring (bicyclic) bond motifs is 1. The van der Waals surface area contributed by atoms with E-state index < -0.39 is 6.04 Å². The molecule has 0 aliphatic heterocycles. The van der Waals surface area contributed by atoms with Crippen molar-refractivity contribution in [2.24, 2.45) is 0 Å². The third-order valence-electron chi connectivity index (χ3n) is 2.28. The Morgan fingerprint density at radius 3 is 2.73 bits per heavy atom. The van der Waals surface area contributed by atoms with Gasteiger partial charge in [-0.15, -0.1) is 0 Å². The fourth-order valence-corrected chi connectivity index (χ4v) is 1.66. The number of halogens is 1. The first-order chi connectivity index (χ1) is 7.27. The summed E-state index contributed by atoms with van der Waals surface area (Å²) in [6.45, 7) is -0.302. The third-order valence-corrected chi connectivity index (χ3v) is 2.58. The van der Waals surface area contributed by atoms with Gasteiger partial charge in [-0.2, -0.15) is 0 Å². The van der Waals surface area contributed by atoms with Gasteiger partial charge in [-0.1, -0.05) is 11.6 Å². The normalized spacial score (nSPS) is 11.5. The van der Waals surface area contributed by atoms with Crippen LogP contribution in [0, 0.1) is 0 Å². The molecule has 6 heteroatoms. The zero-order chi connectivity index (χ0) is 10.8.